The molecule has 0 heterocycles. The number of alkyl carbamates (subject to hydrolysis) is 1. The van der Waals surface area contributed by atoms with Crippen LogP contribution >= 0.6 is 0 Å². The summed E-state index contributed by atoms with van der Waals surface area (Å²) in [6.07, 6.45) is 0.282. The van der Waals surface area contributed by atoms with Gasteiger partial charge in [0.1, 0.15) is 23.4 Å². The molecule has 1 amide bonds. The molecular weight excluding hydrogens is 286 g/mol. The normalized spacial score (nSPS) is 12.2. The Bertz CT molecular complexity index is 500. The molecule has 6 heteroatoms. The molecular formula is C16H23NO5. The number of carbonyl (C=O) groups is 2. The van der Waals surface area contributed by atoms with Gasteiger partial charge in [0, 0.05) is 12.5 Å². The van der Waals surface area contributed by atoms with Gasteiger partial charge in [0.05, 0.1) is 20.3 Å². The average molecular weight is 309 g/mol. The van der Waals surface area contributed by atoms with Gasteiger partial charge in [-0.2, -0.15) is 0 Å². The Morgan fingerprint density at radius 3 is 2.14 bits per heavy atom. The van der Waals surface area contributed by atoms with E-state index in [9.17, 15) is 9.59 Å². The summed E-state index contributed by atoms with van der Waals surface area (Å²) in [7, 11) is 3.07. The van der Waals surface area contributed by atoms with Gasteiger partial charge in [-0.15, -0.1) is 0 Å². The van der Waals surface area contributed by atoms with Gasteiger partial charge in [-0.25, -0.2) is 4.79 Å². The molecule has 1 rings (SSSR count). The minimum atomic E-state index is -0.609. The molecule has 0 aromatic heterocycles. The predicted molar refractivity (Wildman–Crippen MR) is 82.3 cm³/mol. The molecule has 1 N–H and O–H groups in total. The highest BCUT2D eigenvalue weighted by molar-refractivity contribution is 5.69. The Labute approximate surface area is 130 Å². The average Bonchev–Trinajstić information content (AvgIpc) is 2.44. The highest BCUT2D eigenvalue weighted by Gasteiger charge is 2.21. The van der Waals surface area contributed by atoms with Gasteiger partial charge < -0.3 is 24.3 Å². The number of ether oxygens (including phenoxy) is 3. The van der Waals surface area contributed by atoms with E-state index in [1.54, 1.807) is 39.0 Å². The van der Waals surface area contributed by atoms with Crippen molar-refractivity contribution in [3.05, 3.63) is 23.8 Å². The van der Waals surface area contributed by atoms with Crippen LogP contribution < -0.4 is 14.8 Å². The Morgan fingerprint density at radius 2 is 1.73 bits per heavy atom. The zero-order valence-corrected chi connectivity index (χ0v) is 13.6. The van der Waals surface area contributed by atoms with Crippen molar-refractivity contribution in [3.63, 3.8) is 0 Å². The van der Waals surface area contributed by atoms with Gasteiger partial charge in [-0.05, 0) is 38.5 Å². The molecule has 0 aliphatic heterocycles. The van der Waals surface area contributed by atoms with Crippen LogP contribution in [0.25, 0.3) is 0 Å². The lowest BCUT2D eigenvalue weighted by molar-refractivity contribution is -0.108. The van der Waals surface area contributed by atoms with Crippen LogP contribution in [0.3, 0.4) is 0 Å². The van der Waals surface area contributed by atoms with Crippen LogP contribution in [0.4, 0.5) is 4.79 Å². The van der Waals surface area contributed by atoms with Crippen LogP contribution in [0.5, 0.6) is 11.5 Å². The molecule has 0 aliphatic rings. The van der Waals surface area contributed by atoms with E-state index in [0.29, 0.717) is 17.1 Å². The fourth-order valence-corrected chi connectivity index (χ4v) is 1.86. The van der Waals surface area contributed by atoms with Crippen molar-refractivity contribution in [2.45, 2.75) is 38.8 Å². The summed E-state index contributed by atoms with van der Waals surface area (Å²) >= 11 is 0. The van der Waals surface area contributed by atoms with Crippen LogP contribution in [0.15, 0.2) is 18.2 Å². The van der Waals surface area contributed by atoms with E-state index in [4.69, 9.17) is 14.2 Å². The van der Waals surface area contributed by atoms with Crippen LogP contribution in [-0.2, 0) is 9.53 Å². The second-order valence-electron chi connectivity index (χ2n) is 5.75. The number of benzene rings is 1. The summed E-state index contributed by atoms with van der Waals surface area (Å²) in [5, 5.41) is 2.69. The van der Waals surface area contributed by atoms with E-state index >= 15 is 0 Å². The third kappa shape index (κ3) is 5.63. The third-order valence-electron chi connectivity index (χ3n) is 2.80. The van der Waals surface area contributed by atoms with Crippen molar-refractivity contribution in [3.8, 4) is 11.5 Å². The topological polar surface area (TPSA) is 73.9 Å². The first-order valence-corrected chi connectivity index (χ1v) is 6.95. The highest BCUT2D eigenvalue weighted by atomic mass is 16.6. The van der Waals surface area contributed by atoms with Gasteiger partial charge in [0.15, 0.2) is 0 Å². The monoisotopic (exact) mass is 309 g/mol. The number of carbonyl (C=O) groups excluding carboxylic acids is 2. The lowest BCUT2D eigenvalue weighted by Crippen LogP contribution is -2.35. The molecule has 122 valence electrons. The molecule has 0 bridgehead atoms. The Morgan fingerprint density at radius 1 is 1.18 bits per heavy atom. The number of rotatable bonds is 6. The summed E-state index contributed by atoms with van der Waals surface area (Å²) in [5.74, 6) is 1.16. The first kappa shape index (κ1) is 17.8. The summed E-state index contributed by atoms with van der Waals surface area (Å²) in [6.45, 7) is 5.32. The van der Waals surface area contributed by atoms with Gasteiger partial charge in [-0.3, -0.25) is 0 Å². The quantitative estimate of drug-likeness (QED) is 0.818. The Balaban J connectivity index is 2.99. The van der Waals surface area contributed by atoms with Crippen molar-refractivity contribution < 1.29 is 23.8 Å². The van der Waals surface area contributed by atoms with Crippen molar-refractivity contribution >= 4 is 12.4 Å². The first-order valence-electron chi connectivity index (χ1n) is 6.95. The molecule has 6 nitrogen and oxygen atoms in total. The van der Waals surface area contributed by atoms with Crippen molar-refractivity contribution in [1.82, 2.24) is 5.32 Å². The largest absolute Gasteiger partial charge is 0.497 e. The van der Waals surface area contributed by atoms with Crippen LogP contribution in [0, 0.1) is 0 Å². The van der Waals surface area contributed by atoms with Crippen molar-refractivity contribution in [2.75, 3.05) is 14.2 Å². The SMILES string of the molecule is COc1cc(OC)cc([C@@H](CC=O)NC(=O)OC(C)(C)C)c1. The number of hydrogen-bond donors (Lipinski definition) is 1. The molecule has 0 radical (unpaired) electrons. The fourth-order valence-electron chi connectivity index (χ4n) is 1.86. The minimum absolute atomic E-state index is 0.121. The maximum Gasteiger partial charge on any atom is 0.408 e. The van der Waals surface area contributed by atoms with Crippen molar-refractivity contribution in [1.29, 1.82) is 0 Å². The summed E-state index contributed by atoms with van der Waals surface area (Å²) in [5.41, 5.74) is 0.0937. The number of aldehydes is 1. The predicted octanol–water partition coefficient (Wildman–Crippen LogP) is 2.86. The highest BCUT2D eigenvalue weighted by Crippen LogP contribution is 2.27. The summed E-state index contributed by atoms with van der Waals surface area (Å²) < 4.78 is 15.6. The van der Waals surface area contributed by atoms with E-state index in [0.717, 1.165) is 6.29 Å². The Kier molecular flexibility index (Phi) is 6.22. The molecule has 1 aromatic rings. The summed E-state index contributed by atoms with van der Waals surface area (Å²) in [6, 6.07) is 4.69. The van der Waals surface area contributed by atoms with Crippen LogP contribution in [0.2, 0.25) is 0 Å². The zero-order chi connectivity index (χ0) is 16.8. The van der Waals surface area contributed by atoms with Gasteiger partial charge in [-0.1, -0.05) is 0 Å². The maximum atomic E-state index is 11.9. The molecule has 0 unspecified atom stereocenters. The first-order chi connectivity index (χ1) is 10.3. The lowest BCUT2D eigenvalue weighted by Gasteiger charge is -2.23. The zero-order valence-electron chi connectivity index (χ0n) is 13.6. The van der Waals surface area contributed by atoms with E-state index in [-0.39, 0.29) is 6.42 Å². The van der Waals surface area contributed by atoms with E-state index in [1.165, 1.54) is 14.2 Å². The number of methoxy groups -OCH3 is 2. The van der Waals surface area contributed by atoms with Gasteiger partial charge >= 0.3 is 6.09 Å². The molecule has 0 saturated carbocycles. The molecule has 0 aliphatic carbocycles. The molecule has 0 saturated heterocycles. The molecule has 0 fully saturated rings. The third-order valence-corrected chi connectivity index (χ3v) is 2.80. The smallest absolute Gasteiger partial charge is 0.408 e. The summed E-state index contributed by atoms with van der Waals surface area (Å²) in [4.78, 5) is 22.8. The number of nitrogens with one attached hydrogen (secondary N) is 1. The molecule has 1 aromatic carbocycles. The molecule has 0 spiro atoms. The van der Waals surface area contributed by atoms with E-state index in [1.807, 2.05) is 0 Å². The van der Waals surface area contributed by atoms with E-state index in [2.05, 4.69) is 5.32 Å². The minimum Gasteiger partial charge on any atom is -0.497 e. The standard InChI is InChI=1S/C16H23NO5/c1-16(2,3)22-15(19)17-14(6-7-18)11-8-12(20-4)10-13(9-11)21-5/h7-10,14H,6H2,1-5H3,(H,17,19)/t14-/m1/s1. The van der Waals surface area contributed by atoms with Gasteiger partial charge in [0.2, 0.25) is 0 Å². The number of hydrogen-bond acceptors (Lipinski definition) is 5. The molecule has 22 heavy (non-hydrogen) atoms. The van der Waals surface area contributed by atoms with Gasteiger partial charge in [0.25, 0.3) is 0 Å². The van der Waals surface area contributed by atoms with Crippen LogP contribution in [-0.4, -0.2) is 32.2 Å². The van der Waals surface area contributed by atoms with Crippen LogP contribution in [0.1, 0.15) is 38.8 Å². The lowest BCUT2D eigenvalue weighted by atomic mass is 10.0. The second kappa shape index (κ2) is 7.68. The Hall–Kier alpha value is -2.24. The number of amides is 1. The maximum absolute atomic E-state index is 11.9. The van der Waals surface area contributed by atoms with Crippen molar-refractivity contribution in [2.24, 2.45) is 0 Å². The molecule has 1 atom stereocenters. The fraction of sp³-hybridized carbons (Fsp3) is 0.500. The van der Waals surface area contributed by atoms with E-state index < -0.39 is 17.7 Å². The second-order valence-corrected chi connectivity index (χ2v) is 5.75.